The Morgan fingerprint density at radius 1 is 1.39 bits per heavy atom. The number of hydrogen-bond donors (Lipinski definition) is 2. The molecular formula is C14H17NO3. The number of hydrogen-bond acceptors (Lipinski definition) is 2. The lowest BCUT2D eigenvalue weighted by molar-refractivity contribution is -0.139. The van der Waals surface area contributed by atoms with Gasteiger partial charge in [-0.1, -0.05) is 25.1 Å². The van der Waals surface area contributed by atoms with Crippen LogP contribution in [-0.4, -0.2) is 17.0 Å². The van der Waals surface area contributed by atoms with E-state index in [-0.39, 0.29) is 11.8 Å². The fourth-order valence-electron chi connectivity index (χ4n) is 2.18. The Kier molecular flexibility index (Phi) is 3.36. The molecule has 1 saturated carbocycles. The van der Waals surface area contributed by atoms with Crippen LogP contribution >= 0.6 is 0 Å². The van der Waals surface area contributed by atoms with E-state index in [1.807, 2.05) is 32.0 Å². The van der Waals surface area contributed by atoms with Gasteiger partial charge in [-0.2, -0.15) is 0 Å². The van der Waals surface area contributed by atoms with Gasteiger partial charge in [-0.05, 0) is 30.9 Å². The summed E-state index contributed by atoms with van der Waals surface area (Å²) in [5.74, 6) is -1.92. The summed E-state index contributed by atoms with van der Waals surface area (Å²) in [5.41, 5.74) is 2.92. The van der Waals surface area contributed by atoms with Crippen LogP contribution in [0.3, 0.4) is 0 Å². The highest BCUT2D eigenvalue weighted by Crippen LogP contribution is 2.39. The second-order valence-corrected chi connectivity index (χ2v) is 4.74. The molecule has 0 bridgehead atoms. The van der Waals surface area contributed by atoms with Crippen LogP contribution in [0.1, 0.15) is 24.5 Å². The zero-order valence-corrected chi connectivity index (χ0v) is 10.6. The maximum absolute atomic E-state index is 11.9. The molecule has 4 nitrogen and oxygen atoms in total. The first-order valence-corrected chi connectivity index (χ1v) is 6.16. The van der Waals surface area contributed by atoms with Crippen molar-refractivity contribution in [2.24, 2.45) is 11.8 Å². The van der Waals surface area contributed by atoms with Crippen molar-refractivity contribution < 1.29 is 14.7 Å². The summed E-state index contributed by atoms with van der Waals surface area (Å²) in [4.78, 5) is 22.7. The third-order valence-corrected chi connectivity index (χ3v) is 3.43. The van der Waals surface area contributed by atoms with Crippen molar-refractivity contribution >= 4 is 17.6 Å². The Bertz CT molecular complexity index is 496. The van der Waals surface area contributed by atoms with Gasteiger partial charge in [0.2, 0.25) is 5.91 Å². The molecule has 0 aromatic heterocycles. The molecule has 18 heavy (non-hydrogen) atoms. The third kappa shape index (κ3) is 2.37. The molecule has 0 aliphatic heterocycles. The first-order chi connectivity index (χ1) is 8.54. The van der Waals surface area contributed by atoms with Crippen LogP contribution in [0.2, 0.25) is 0 Å². The van der Waals surface area contributed by atoms with Crippen LogP contribution in [0.4, 0.5) is 5.69 Å². The average Bonchev–Trinajstić information content (AvgIpc) is 3.11. The SMILES string of the molecule is CCc1cccc(C)c1NC(=O)C1CC1C(=O)O. The normalized spacial score (nSPS) is 21.4. The summed E-state index contributed by atoms with van der Waals surface area (Å²) < 4.78 is 0. The molecule has 0 spiro atoms. The van der Waals surface area contributed by atoms with E-state index in [2.05, 4.69) is 5.32 Å². The van der Waals surface area contributed by atoms with E-state index in [1.165, 1.54) is 0 Å². The molecular weight excluding hydrogens is 230 g/mol. The van der Waals surface area contributed by atoms with Crippen LogP contribution in [0.25, 0.3) is 0 Å². The molecule has 4 heteroatoms. The highest BCUT2D eigenvalue weighted by Gasteiger charge is 2.48. The largest absolute Gasteiger partial charge is 0.481 e. The van der Waals surface area contributed by atoms with Crippen molar-refractivity contribution in [3.63, 3.8) is 0 Å². The standard InChI is InChI=1S/C14H17NO3/c1-3-9-6-4-5-8(2)12(9)15-13(16)10-7-11(10)14(17)18/h4-6,10-11H,3,7H2,1-2H3,(H,15,16)(H,17,18). The number of carboxylic acids is 1. The van der Waals surface area contributed by atoms with Crippen molar-refractivity contribution in [3.8, 4) is 0 Å². The second-order valence-electron chi connectivity index (χ2n) is 4.74. The van der Waals surface area contributed by atoms with Gasteiger partial charge in [-0.3, -0.25) is 9.59 Å². The van der Waals surface area contributed by atoms with E-state index < -0.39 is 11.9 Å². The van der Waals surface area contributed by atoms with Crippen LogP contribution in [0.15, 0.2) is 18.2 Å². The number of rotatable bonds is 4. The summed E-state index contributed by atoms with van der Waals surface area (Å²) in [6, 6.07) is 5.88. The predicted molar refractivity (Wildman–Crippen MR) is 68.4 cm³/mol. The molecule has 1 aliphatic carbocycles. The predicted octanol–water partition coefficient (Wildman–Crippen LogP) is 2.22. The van der Waals surface area contributed by atoms with Crippen LogP contribution in [-0.2, 0) is 16.0 Å². The second kappa shape index (κ2) is 4.80. The molecule has 2 rings (SSSR count). The summed E-state index contributed by atoms with van der Waals surface area (Å²) >= 11 is 0. The smallest absolute Gasteiger partial charge is 0.307 e. The molecule has 2 N–H and O–H groups in total. The monoisotopic (exact) mass is 247 g/mol. The molecule has 0 heterocycles. The summed E-state index contributed by atoms with van der Waals surface area (Å²) in [5, 5.41) is 11.7. The Morgan fingerprint density at radius 2 is 2.11 bits per heavy atom. The van der Waals surface area contributed by atoms with Crippen molar-refractivity contribution in [1.82, 2.24) is 0 Å². The van der Waals surface area contributed by atoms with Gasteiger partial charge in [0.05, 0.1) is 11.8 Å². The lowest BCUT2D eigenvalue weighted by atomic mass is 10.1. The maximum Gasteiger partial charge on any atom is 0.307 e. The Labute approximate surface area is 106 Å². The highest BCUT2D eigenvalue weighted by molar-refractivity contribution is 5.99. The maximum atomic E-state index is 11.9. The van der Waals surface area contributed by atoms with Crippen LogP contribution in [0, 0.1) is 18.8 Å². The van der Waals surface area contributed by atoms with Gasteiger partial charge in [-0.15, -0.1) is 0 Å². The summed E-state index contributed by atoms with van der Waals surface area (Å²) in [6.45, 7) is 3.97. The number of benzene rings is 1. The Morgan fingerprint density at radius 3 is 2.67 bits per heavy atom. The molecule has 2 atom stereocenters. The molecule has 0 radical (unpaired) electrons. The van der Waals surface area contributed by atoms with Gasteiger partial charge in [0.15, 0.2) is 0 Å². The van der Waals surface area contributed by atoms with E-state index in [9.17, 15) is 9.59 Å². The van der Waals surface area contributed by atoms with Gasteiger partial charge in [0.25, 0.3) is 0 Å². The number of aryl methyl sites for hydroxylation is 2. The highest BCUT2D eigenvalue weighted by atomic mass is 16.4. The van der Waals surface area contributed by atoms with Crippen LogP contribution in [0.5, 0.6) is 0 Å². The lowest BCUT2D eigenvalue weighted by Crippen LogP contribution is -2.18. The number of carbonyl (C=O) groups excluding carboxylic acids is 1. The topological polar surface area (TPSA) is 66.4 Å². The summed E-state index contributed by atoms with van der Waals surface area (Å²) in [6.07, 6.45) is 1.29. The van der Waals surface area contributed by atoms with Crippen molar-refractivity contribution in [2.75, 3.05) is 5.32 Å². The minimum atomic E-state index is -0.879. The van der Waals surface area contributed by atoms with Gasteiger partial charge >= 0.3 is 5.97 Å². The zero-order valence-electron chi connectivity index (χ0n) is 10.6. The van der Waals surface area contributed by atoms with Crippen molar-refractivity contribution in [2.45, 2.75) is 26.7 Å². The van der Waals surface area contributed by atoms with E-state index >= 15 is 0 Å². The van der Waals surface area contributed by atoms with E-state index in [4.69, 9.17) is 5.11 Å². The van der Waals surface area contributed by atoms with Gasteiger partial charge in [0.1, 0.15) is 0 Å². The fourth-order valence-corrected chi connectivity index (χ4v) is 2.18. The molecule has 96 valence electrons. The molecule has 1 amide bonds. The molecule has 1 aromatic carbocycles. The minimum Gasteiger partial charge on any atom is -0.481 e. The van der Waals surface area contributed by atoms with Gasteiger partial charge < -0.3 is 10.4 Å². The lowest BCUT2D eigenvalue weighted by Gasteiger charge is -2.12. The Hall–Kier alpha value is -1.84. The number of anilines is 1. The number of carbonyl (C=O) groups is 2. The zero-order chi connectivity index (χ0) is 13.3. The number of carboxylic acid groups (broad SMARTS) is 1. The number of aliphatic carboxylic acids is 1. The van der Waals surface area contributed by atoms with Crippen LogP contribution < -0.4 is 5.32 Å². The van der Waals surface area contributed by atoms with Gasteiger partial charge in [0, 0.05) is 5.69 Å². The number of amides is 1. The number of nitrogens with one attached hydrogen (secondary N) is 1. The summed E-state index contributed by atoms with van der Waals surface area (Å²) in [7, 11) is 0. The van der Waals surface area contributed by atoms with Crippen molar-refractivity contribution in [1.29, 1.82) is 0 Å². The molecule has 1 fully saturated rings. The van der Waals surface area contributed by atoms with Crippen molar-refractivity contribution in [3.05, 3.63) is 29.3 Å². The molecule has 1 aromatic rings. The van der Waals surface area contributed by atoms with E-state index in [1.54, 1.807) is 0 Å². The molecule has 0 saturated heterocycles. The first-order valence-electron chi connectivity index (χ1n) is 6.16. The number of para-hydroxylation sites is 1. The quantitative estimate of drug-likeness (QED) is 0.857. The van der Waals surface area contributed by atoms with E-state index in [0.29, 0.717) is 6.42 Å². The average molecular weight is 247 g/mol. The van der Waals surface area contributed by atoms with E-state index in [0.717, 1.165) is 23.2 Å². The first kappa shape index (κ1) is 12.6. The third-order valence-electron chi connectivity index (χ3n) is 3.43. The molecule has 1 aliphatic rings. The molecule has 2 unspecified atom stereocenters. The fraction of sp³-hybridized carbons (Fsp3) is 0.429. The minimum absolute atomic E-state index is 0.175. The van der Waals surface area contributed by atoms with Gasteiger partial charge in [-0.25, -0.2) is 0 Å². The Balaban J connectivity index is 2.11.